The Morgan fingerprint density at radius 1 is 1.35 bits per heavy atom. The molecule has 0 spiro atoms. The number of thiophene rings is 1. The Morgan fingerprint density at radius 2 is 2.19 bits per heavy atom. The summed E-state index contributed by atoms with van der Waals surface area (Å²) in [6.07, 6.45) is 5.24. The maximum Gasteiger partial charge on any atom is 0.264 e. The first-order chi connectivity index (χ1) is 15.0. The van der Waals surface area contributed by atoms with Gasteiger partial charge in [0.15, 0.2) is 0 Å². The minimum Gasteiger partial charge on any atom is -0.443 e. The van der Waals surface area contributed by atoms with Gasteiger partial charge >= 0.3 is 0 Å². The normalized spacial score (nSPS) is 16.3. The molecule has 1 aliphatic heterocycles. The van der Waals surface area contributed by atoms with Gasteiger partial charge in [-0.25, -0.2) is 9.97 Å². The van der Waals surface area contributed by atoms with E-state index in [2.05, 4.69) is 15.0 Å². The lowest BCUT2D eigenvalue weighted by Crippen LogP contribution is -2.30. The highest BCUT2D eigenvalue weighted by molar-refractivity contribution is 7.20. The Hall–Kier alpha value is -2.97. The van der Waals surface area contributed by atoms with Crippen molar-refractivity contribution in [2.45, 2.75) is 32.2 Å². The van der Waals surface area contributed by atoms with Gasteiger partial charge in [0.1, 0.15) is 16.6 Å². The van der Waals surface area contributed by atoms with Crippen LogP contribution < -0.4 is 5.56 Å². The summed E-state index contributed by atoms with van der Waals surface area (Å²) in [4.78, 5) is 39.7. The Labute approximate surface area is 186 Å². The number of nitrogens with one attached hydrogen (secondary N) is 1. The molecule has 1 amide bonds. The number of aromatic amines is 1. The molecule has 4 aromatic rings. The lowest BCUT2D eigenvalue weighted by atomic mass is 10.1. The summed E-state index contributed by atoms with van der Waals surface area (Å²) in [6.45, 7) is 2.41. The van der Waals surface area contributed by atoms with Gasteiger partial charge in [-0.2, -0.15) is 0 Å². The molecule has 5 rings (SSSR count). The highest BCUT2D eigenvalue weighted by atomic mass is 35.5. The van der Waals surface area contributed by atoms with Gasteiger partial charge < -0.3 is 14.3 Å². The molecular formula is C22H19ClN4O3S. The van der Waals surface area contributed by atoms with E-state index < -0.39 is 0 Å². The van der Waals surface area contributed by atoms with E-state index in [0.29, 0.717) is 50.3 Å². The third kappa shape index (κ3) is 3.55. The number of carbonyl (C=O) groups is 1. The molecule has 0 radical (unpaired) electrons. The first-order valence-electron chi connectivity index (χ1n) is 9.98. The summed E-state index contributed by atoms with van der Waals surface area (Å²) in [6, 6.07) is 7.39. The second-order valence-corrected chi connectivity index (χ2v) is 8.96. The van der Waals surface area contributed by atoms with Crippen molar-refractivity contribution in [2.75, 3.05) is 6.54 Å². The Morgan fingerprint density at radius 3 is 3.00 bits per heavy atom. The van der Waals surface area contributed by atoms with Gasteiger partial charge in [-0.15, -0.1) is 11.3 Å². The molecule has 0 saturated carbocycles. The van der Waals surface area contributed by atoms with Crippen LogP contribution in [0.15, 0.2) is 46.0 Å². The standard InChI is InChI=1S/C22H19ClN4O3S/c1-12-17-19(28)25-11-26-21(17)31-18(12)22(29)27-8-4-7-16(27)20-24-10-14(30-20)9-13-5-2-3-6-15(13)23/h2-3,5-6,10-11,16H,4,7-9H2,1H3,(H,25,26,28)/t16-/m0/s1. The number of hydrogen-bond acceptors (Lipinski definition) is 6. The number of halogens is 1. The summed E-state index contributed by atoms with van der Waals surface area (Å²) < 4.78 is 6.02. The number of likely N-dealkylation sites (tertiary alicyclic amines) is 1. The van der Waals surface area contributed by atoms with Crippen LogP contribution in [-0.2, 0) is 6.42 Å². The van der Waals surface area contributed by atoms with E-state index >= 15 is 0 Å². The molecular weight excluding hydrogens is 436 g/mol. The van der Waals surface area contributed by atoms with Crippen LogP contribution in [0.3, 0.4) is 0 Å². The smallest absolute Gasteiger partial charge is 0.264 e. The average molecular weight is 455 g/mol. The van der Waals surface area contributed by atoms with Crippen molar-refractivity contribution in [1.82, 2.24) is 19.9 Å². The van der Waals surface area contributed by atoms with Crippen LogP contribution in [0.25, 0.3) is 10.2 Å². The maximum absolute atomic E-state index is 13.4. The highest BCUT2D eigenvalue weighted by Crippen LogP contribution is 2.36. The van der Waals surface area contributed by atoms with Gasteiger partial charge in [-0.1, -0.05) is 29.8 Å². The van der Waals surface area contributed by atoms with E-state index in [1.54, 1.807) is 18.0 Å². The number of benzene rings is 1. The van der Waals surface area contributed by atoms with Crippen molar-refractivity contribution in [3.05, 3.63) is 79.8 Å². The Balaban J connectivity index is 1.42. The predicted molar refractivity (Wildman–Crippen MR) is 119 cm³/mol. The fraction of sp³-hybridized carbons (Fsp3) is 0.273. The van der Waals surface area contributed by atoms with Crippen LogP contribution in [0.2, 0.25) is 5.02 Å². The Kier molecular flexibility index (Phi) is 5.11. The predicted octanol–water partition coefficient (Wildman–Crippen LogP) is 4.50. The van der Waals surface area contributed by atoms with Crippen molar-refractivity contribution in [3.8, 4) is 0 Å². The number of hydrogen-bond donors (Lipinski definition) is 1. The van der Waals surface area contributed by atoms with Gasteiger partial charge in [0, 0.05) is 18.0 Å². The van der Waals surface area contributed by atoms with E-state index in [9.17, 15) is 9.59 Å². The molecule has 1 saturated heterocycles. The summed E-state index contributed by atoms with van der Waals surface area (Å²) in [5.74, 6) is 1.12. The number of oxazole rings is 1. The first kappa shape index (κ1) is 20.0. The molecule has 1 atom stereocenters. The van der Waals surface area contributed by atoms with E-state index in [-0.39, 0.29) is 17.5 Å². The van der Waals surface area contributed by atoms with Gasteiger partial charge in [-0.3, -0.25) is 9.59 Å². The number of aryl methyl sites for hydroxylation is 1. The van der Waals surface area contributed by atoms with Crippen LogP contribution in [0.5, 0.6) is 0 Å². The summed E-state index contributed by atoms with van der Waals surface area (Å²) in [5.41, 5.74) is 1.40. The van der Waals surface area contributed by atoms with Gasteiger partial charge in [0.2, 0.25) is 5.89 Å². The lowest BCUT2D eigenvalue weighted by molar-refractivity contribution is 0.0719. The zero-order valence-electron chi connectivity index (χ0n) is 16.7. The quantitative estimate of drug-likeness (QED) is 0.490. The molecule has 0 unspecified atom stereocenters. The fourth-order valence-electron chi connectivity index (χ4n) is 4.07. The number of amides is 1. The van der Waals surface area contributed by atoms with Crippen molar-refractivity contribution in [3.63, 3.8) is 0 Å². The number of aromatic nitrogens is 3. The van der Waals surface area contributed by atoms with Crippen molar-refractivity contribution in [2.24, 2.45) is 0 Å². The van der Waals surface area contributed by atoms with Crippen molar-refractivity contribution in [1.29, 1.82) is 0 Å². The molecule has 158 valence electrons. The molecule has 7 nitrogen and oxygen atoms in total. The van der Waals surface area contributed by atoms with Crippen LogP contribution in [0.4, 0.5) is 0 Å². The van der Waals surface area contributed by atoms with E-state index in [1.165, 1.54) is 17.7 Å². The van der Waals surface area contributed by atoms with Crippen LogP contribution in [-0.4, -0.2) is 32.3 Å². The van der Waals surface area contributed by atoms with Gasteiger partial charge in [-0.05, 0) is 37.0 Å². The zero-order valence-corrected chi connectivity index (χ0v) is 18.3. The molecule has 1 aromatic carbocycles. The molecule has 1 fully saturated rings. The van der Waals surface area contributed by atoms with Crippen molar-refractivity contribution < 1.29 is 9.21 Å². The van der Waals surface area contributed by atoms with Crippen LogP contribution in [0, 0.1) is 6.92 Å². The highest BCUT2D eigenvalue weighted by Gasteiger charge is 2.35. The monoisotopic (exact) mass is 454 g/mol. The number of H-pyrrole nitrogens is 1. The van der Waals surface area contributed by atoms with Crippen LogP contribution in [0.1, 0.15) is 51.3 Å². The number of nitrogens with zero attached hydrogens (tertiary/aromatic N) is 3. The summed E-state index contributed by atoms with van der Waals surface area (Å²) >= 11 is 7.51. The molecule has 0 bridgehead atoms. The fourth-order valence-corrected chi connectivity index (χ4v) is 5.38. The second-order valence-electron chi connectivity index (χ2n) is 7.56. The minimum atomic E-state index is -0.233. The summed E-state index contributed by atoms with van der Waals surface area (Å²) in [7, 11) is 0. The lowest BCUT2D eigenvalue weighted by Gasteiger charge is -2.22. The Bertz CT molecular complexity index is 1340. The SMILES string of the molecule is Cc1c(C(=O)N2CCC[C@H]2c2ncc(Cc3ccccc3Cl)o2)sc2nc[nH]c(=O)c12. The third-order valence-corrected chi connectivity index (χ3v) is 7.18. The molecule has 31 heavy (non-hydrogen) atoms. The van der Waals surface area contributed by atoms with E-state index in [1.807, 2.05) is 24.3 Å². The third-order valence-electron chi connectivity index (χ3n) is 5.62. The average Bonchev–Trinajstić information content (AvgIpc) is 3.48. The molecule has 1 aliphatic rings. The largest absolute Gasteiger partial charge is 0.443 e. The second kappa shape index (κ2) is 7.94. The minimum absolute atomic E-state index is 0.117. The number of rotatable bonds is 4. The molecule has 1 N–H and O–H groups in total. The zero-order chi connectivity index (χ0) is 21.5. The topological polar surface area (TPSA) is 92.1 Å². The summed E-state index contributed by atoms with van der Waals surface area (Å²) in [5, 5.41) is 1.16. The number of fused-ring (bicyclic) bond motifs is 1. The van der Waals surface area contributed by atoms with Gasteiger partial charge in [0.25, 0.3) is 11.5 Å². The number of carbonyl (C=O) groups excluding carboxylic acids is 1. The molecule has 3 aromatic heterocycles. The van der Waals surface area contributed by atoms with E-state index in [0.717, 1.165) is 18.4 Å². The first-order valence-corrected chi connectivity index (χ1v) is 11.2. The van der Waals surface area contributed by atoms with Crippen LogP contribution >= 0.6 is 22.9 Å². The maximum atomic E-state index is 13.4. The van der Waals surface area contributed by atoms with E-state index in [4.69, 9.17) is 16.0 Å². The van der Waals surface area contributed by atoms with Gasteiger partial charge in [0.05, 0.1) is 22.8 Å². The van der Waals surface area contributed by atoms with Crippen molar-refractivity contribution >= 4 is 39.1 Å². The molecule has 4 heterocycles. The molecule has 9 heteroatoms. The molecule has 0 aliphatic carbocycles.